The molecular weight excluding hydrogens is 162 g/mol. The van der Waals surface area contributed by atoms with Crippen molar-refractivity contribution in [3.8, 4) is 0 Å². The van der Waals surface area contributed by atoms with Crippen LogP contribution in [0.15, 0.2) is 18.2 Å². The predicted octanol–water partition coefficient (Wildman–Crippen LogP) is 2.21. The van der Waals surface area contributed by atoms with E-state index in [4.69, 9.17) is 4.84 Å². The van der Waals surface area contributed by atoms with Gasteiger partial charge in [0, 0.05) is 6.54 Å². The standard InChI is InChI=1S/C11H17NO/c1-4-11-6-5-10(7-9(11)2)8-12-13-3/h5-7,12H,4,8H2,1-3H3. The Morgan fingerprint density at radius 1 is 1.38 bits per heavy atom. The minimum absolute atomic E-state index is 0.765. The number of hydrogen-bond acceptors (Lipinski definition) is 2. The lowest BCUT2D eigenvalue weighted by Gasteiger charge is -2.06. The van der Waals surface area contributed by atoms with Gasteiger partial charge in [0.15, 0.2) is 0 Å². The molecule has 2 nitrogen and oxygen atoms in total. The van der Waals surface area contributed by atoms with Gasteiger partial charge >= 0.3 is 0 Å². The summed E-state index contributed by atoms with van der Waals surface area (Å²) in [5.41, 5.74) is 6.87. The molecule has 72 valence electrons. The molecule has 0 fully saturated rings. The first-order valence-corrected chi connectivity index (χ1v) is 4.62. The summed E-state index contributed by atoms with van der Waals surface area (Å²) >= 11 is 0. The fourth-order valence-corrected chi connectivity index (χ4v) is 1.42. The third-order valence-electron chi connectivity index (χ3n) is 2.21. The average molecular weight is 179 g/mol. The monoisotopic (exact) mass is 179 g/mol. The van der Waals surface area contributed by atoms with Crippen LogP contribution in [0.25, 0.3) is 0 Å². The first-order valence-electron chi connectivity index (χ1n) is 4.62. The van der Waals surface area contributed by atoms with Gasteiger partial charge in [-0.1, -0.05) is 25.1 Å². The van der Waals surface area contributed by atoms with Crippen LogP contribution in [0, 0.1) is 6.92 Å². The van der Waals surface area contributed by atoms with Crippen LogP contribution in [0.4, 0.5) is 0 Å². The van der Waals surface area contributed by atoms with Crippen LogP contribution in [-0.2, 0) is 17.8 Å². The van der Waals surface area contributed by atoms with E-state index in [1.165, 1.54) is 16.7 Å². The molecule has 1 aromatic carbocycles. The molecule has 1 N–H and O–H groups in total. The molecule has 0 saturated heterocycles. The quantitative estimate of drug-likeness (QED) is 0.715. The summed E-state index contributed by atoms with van der Waals surface area (Å²) in [6.07, 6.45) is 1.10. The largest absolute Gasteiger partial charge is 0.305 e. The van der Waals surface area contributed by atoms with Crippen LogP contribution in [0.5, 0.6) is 0 Å². The fraction of sp³-hybridized carbons (Fsp3) is 0.455. The molecule has 0 aliphatic heterocycles. The van der Waals surface area contributed by atoms with Crippen molar-refractivity contribution in [3.63, 3.8) is 0 Å². The number of rotatable bonds is 4. The van der Waals surface area contributed by atoms with Crippen LogP contribution in [0.3, 0.4) is 0 Å². The topological polar surface area (TPSA) is 21.3 Å². The van der Waals surface area contributed by atoms with Gasteiger partial charge in [-0.25, -0.2) is 0 Å². The summed E-state index contributed by atoms with van der Waals surface area (Å²) in [6, 6.07) is 6.52. The second kappa shape index (κ2) is 5.00. The van der Waals surface area contributed by atoms with E-state index in [2.05, 4.69) is 37.5 Å². The minimum atomic E-state index is 0.765. The summed E-state index contributed by atoms with van der Waals surface area (Å²) < 4.78 is 0. The van der Waals surface area contributed by atoms with E-state index in [1.807, 2.05) is 0 Å². The first-order chi connectivity index (χ1) is 6.27. The molecule has 0 aliphatic rings. The molecule has 0 aromatic heterocycles. The van der Waals surface area contributed by atoms with Crippen LogP contribution >= 0.6 is 0 Å². The molecule has 0 atom stereocenters. The van der Waals surface area contributed by atoms with Crippen LogP contribution in [0.1, 0.15) is 23.6 Å². The van der Waals surface area contributed by atoms with Gasteiger partial charge in [0.05, 0.1) is 7.11 Å². The summed E-state index contributed by atoms with van der Waals surface area (Å²) in [5, 5.41) is 0. The third kappa shape index (κ3) is 2.83. The Kier molecular flexibility index (Phi) is 3.93. The highest BCUT2D eigenvalue weighted by molar-refractivity contribution is 5.30. The van der Waals surface area contributed by atoms with Crippen molar-refractivity contribution in [2.75, 3.05) is 7.11 Å². The summed E-state index contributed by atoms with van der Waals surface area (Å²) in [4.78, 5) is 4.79. The highest BCUT2D eigenvalue weighted by Crippen LogP contribution is 2.11. The fourth-order valence-electron chi connectivity index (χ4n) is 1.42. The second-order valence-corrected chi connectivity index (χ2v) is 3.14. The maximum Gasteiger partial charge on any atom is 0.0572 e. The van der Waals surface area contributed by atoms with E-state index in [0.717, 1.165) is 13.0 Å². The normalized spacial score (nSPS) is 10.4. The zero-order chi connectivity index (χ0) is 9.68. The molecule has 13 heavy (non-hydrogen) atoms. The molecule has 0 radical (unpaired) electrons. The van der Waals surface area contributed by atoms with Crippen molar-refractivity contribution in [2.24, 2.45) is 0 Å². The van der Waals surface area contributed by atoms with E-state index in [9.17, 15) is 0 Å². The van der Waals surface area contributed by atoms with Gasteiger partial charge in [-0.3, -0.25) is 0 Å². The lowest BCUT2D eigenvalue weighted by atomic mass is 10.0. The molecule has 0 saturated carbocycles. The van der Waals surface area contributed by atoms with E-state index in [-0.39, 0.29) is 0 Å². The van der Waals surface area contributed by atoms with Crippen molar-refractivity contribution in [1.29, 1.82) is 0 Å². The van der Waals surface area contributed by atoms with E-state index in [1.54, 1.807) is 7.11 Å². The lowest BCUT2D eigenvalue weighted by molar-refractivity contribution is 0.0867. The zero-order valence-corrected chi connectivity index (χ0v) is 8.55. The highest BCUT2D eigenvalue weighted by atomic mass is 16.6. The zero-order valence-electron chi connectivity index (χ0n) is 8.55. The Labute approximate surface area is 79.9 Å². The van der Waals surface area contributed by atoms with Crippen molar-refractivity contribution < 1.29 is 4.84 Å². The smallest absolute Gasteiger partial charge is 0.0572 e. The van der Waals surface area contributed by atoms with Crippen LogP contribution < -0.4 is 5.48 Å². The van der Waals surface area contributed by atoms with Gasteiger partial charge in [-0.15, -0.1) is 0 Å². The summed E-state index contributed by atoms with van der Waals surface area (Å²) in [6.45, 7) is 5.09. The minimum Gasteiger partial charge on any atom is -0.305 e. The molecule has 0 bridgehead atoms. The Hall–Kier alpha value is -0.860. The molecule has 0 aliphatic carbocycles. The molecule has 0 unspecified atom stereocenters. The van der Waals surface area contributed by atoms with Gasteiger partial charge in [0.1, 0.15) is 0 Å². The Balaban J connectivity index is 2.71. The maximum absolute atomic E-state index is 4.79. The number of hydroxylamine groups is 1. The molecule has 1 rings (SSSR count). The lowest BCUT2D eigenvalue weighted by Crippen LogP contribution is -2.10. The average Bonchev–Trinajstić information content (AvgIpc) is 2.15. The molecule has 0 spiro atoms. The third-order valence-corrected chi connectivity index (χ3v) is 2.21. The Bertz CT molecular complexity index is 271. The van der Waals surface area contributed by atoms with Gasteiger partial charge < -0.3 is 4.84 Å². The van der Waals surface area contributed by atoms with Crippen molar-refractivity contribution >= 4 is 0 Å². The van der Waals surface area contributed by atoms with Crippen LogP contribution in [0.2, 0.25) is 0 Å². The highest BCUT2D eigenvalue weighted by Gasteiger charge is 1.97. The molecule has 0 heterocycles. The van der Waals surface area contributed by atoms with E-state index in [0.29, 0.717) is 0 Å². The van der Waals surface area contributed by atoms with Gasteiger partial charge in [-0.2, -0.15) is 5.48 Å². The second-order valence-electron chi connectivity index (χ2n) is 3.14. The van der Waals surface area contributed by atoms with Gasteiger partial charge in [0.2, 0.25) is 0 Å². The predicted molar refractivity (Wildman–Crippen MR) is 54.4 cm³/mol. The molecule has 1 aromatic rings. The number of hydrogen-bond donors (Lipinski definition) is 1. The maximum atomic E-state index is 4.79. The SMILES string of the molecule is CCc1ccc(CNOC)cc1C. The summed E-state index contributed by atoms with van der Waals surface area (Å²) in [5.74, 6) is 0. The number of aryl methyl sites for hydroxylation is 2. The first kappa shape index (κ1) is 10.2. The van der Waals surface area contributed by atoms with Crippen molar-refractivity contribution in [3.05, 3.63) is 34.9 Å². The number of benzene rings is 1. The molecule has 2 heteroatoms. The summed E-state index contributed by atoms with van der Waals surface area (Å²) in [7, 11) is 1.63. The van der Waals surface area contributed by atoms with E-state index < -0.39 is 0 Å². The molecule has 0 amide bonds. The van der Waals surface area contributed by atoms with Crippen molar-refractivity contribution in [1.82, 2.24) is 5.48 Å². The van der Waals surface area contributed by atoms with Crippen LogP contribution in [-0.4, -0.2) is 7.11 Å². The molecular formula is C11H17NO. The van der Waals surface area contributed by atoms with Crippen molar-refractivity contribution in [2.45, 2.75) is 26.8 Å². The number of nitrogens with one attached hydrogen (secondary N) is 1. The van der Waals surface area contributed by atoms with Gasteiger partial charge in [-0.05, 0) is 30.0 Å². The Morgan fingerprint density at radius 2 is 2.15 bits per heavy atom. The van der Waals surface area contributed by atoms with E-state index >= 15 is 0 Å². The van der Waals surface area contributed by atoms with Gasteiger partial charge in [0.25, 0.3) is 0 Å². The Morgan fingerprint density at radius 3 is 2.69 bits per heavy atom.